The number of benzene rings is 1. The van der Waals surface area contributed by atoms with Gasteiger partial charge >= 0.3 is 6.03 Å². The van der Waals surface area contributed by atoms with Crippen LogP contribution in [-0.4, -0.2) is 24.0 Å². The minimum absolute atomic E-state index is 0.00623. The van der Waals surface area contributed by atoms with Crippen molar-refractivity contribution >= 4 is 11.7 Å². The summed E-state index contributed by atoms with van der Waals surface area (Å²) in [5.41, 5.74) is 7.66. The summed E-state index contributed by atoms with van der Waals surface area (Å²) < 4.78 is 0. The summed E-state index contributed by atoms with van der Waals surface area (Å²) in [6, 6.07) is 7.67. The minimum Gasteiger partial charge on any atom is -0.326 e. The fourth-order valence-corrected chi connectivity index (χ4v) is 2.52. The molecular formula is C15H23N3O. The summed E-state index contributed by atoms with van der Waals surface area (Å²) >= 11 is 0. The van der Waals surface area contributed by atoms with E-state index >= 15 is 0 Å². The van der Waals surface area contributed by atoms with Gasteiger partial charge in [0.25, 0.3) is 0 Å². The summed E-state index contributed by atoms with van der Waals surface area (Å²) in [5.74, 6) is 0. The molecule has 2 amide bonds. The van der Waals surface area contributed by atoms with Crippen LogP contribution in [0.25, 0.3) is 0 Å². The number of hydrogen-bond acceptors (Lipinski definition) is 2. The molecule has 0 unspecified atom stereocenters. The van der Waals surface area contributed by atoms with Crippen molar-refractivity contribution in [3.05, 3.63) is 29.8 Å². The van der Waals surface area contributed by atoms with Gasteiger partial charge in [-0.05, 0) is 36.0 Å². The van der Waals surface area contributed by atoms with Gasteiger partial charge in [0.2, 0.25) is 0 Å². The van der Waals surface area contributed by atoms with E-state index in [9.17, 15) is 4.79 Å². The molecule has 19 heavy (non-hydrogen) atoms. The third-order valence-electron chi connectivity index (χ3n) is 3.63. The van der Waals surface area contributed by atoms with Crippen molar-refractivity contribution in [2.75, 3.05) is 18.4 Å². The number of likely N-dealkylation sites (tertiary alicyclic amines) is 1. The van der Waals surface area contributed by atoms with Crippen molar-refractivity contribution < 1.29 is 4.79 Å². The molecule has 1 saturated heterocycles. The largest absolute Gasteiger partial charge is 0.326 e. The second-order valence-corrected chi connectivity index (χ2v) is 6.02. The van der Waals surface area contributed by atoms with Gasteiger partial charge in [0.05, 0.1) is 0 Å². The van der Waals surface area contributed by atoms with Gasteiger partial charge in [-0.25, -0.2) is 4.79 Å². The molecule has 0 aromatic heterocycles. The van der Waals surface area contributed by atoms with Crippen LogP contribution in [0.3, 0.4) is 0 Å². The molecule has 1 aliphatic heterocycles. The number of nitrogens with zero attached hydrogens (tertiary/aromatic N) is 1. The highest BCUT2D eigenvalue weighted by Crippen LogP contribution is 2.28. The number of anilines is 1. The third kappa shape index (κ3) is 3.70. The highest BCUT2D eigenvalue weighted by atomic mass is 16.2. The molecule has 3 N–H and O–H groups in total. The monoisotopic (exact) mass is 261 g/mol. The molecule has 0 bridgehead atoms. The topological polar surface area (TPSA) is 58.4 Å². The number of carbonyl (C=O) groups excluding carboxylic acids is 1. The molecule has 1 heterocycles. The van der Waals surface area contributed by atoms with Gasteiger partial charge in [-0.3, -0.25) is 0 Å². The van der Waals surface area contributed by atoms with Crippen LogP contribution < -0.4 is 11.1 Å². The summed E-state index contributed by atoms with van der Waals surface area (Å²) in [7, 11) is 0. The van der Waals surface area contributed by atoms with Crippen LogP contribution in [0.1, 0.15) is 32.3 Å². The summed E-state index contributed by atoms with van der Waals surface area (Å²) in [6.07, 6.45) is 2.26. The lowest BCUT2D eigenvalue weighted by Crippen LogP contribution is -2.45. The molecule has 1 fully saturated rings. The van der Waals surface area contributed by atoms with E-state index in [4.69, 9.17) is 5.73 Å². The lowest BCUT2D eigenvalue weighted by atomic mass is 9.84. The molecule has 4 heteroatoms. The first-order valence-electron chi connectivity index (χ1n) is 6.85. The molecule has 4 nitrogen and oxygen atoms in total. The Morgan fingerprint density at radius 1 is 1.37 bits per heavy atom. The van der Waals surface area contributed by atoms with Gasteiger partial charge in [0.15, 0.2) is 0 Å². The summed E-state index contributed by atoms with van der Waals surface area (Å²) in [5, 5.41) is 2.95. The van der Waals surface area contributed by atoms with Crippen LogP contribution in [0, 0.1) is 5.41 Å². The Balaban J connectivity index is 1.96. The molecule has 0 radical (unpaired) electrons. The average molecular weight is 261 g/mol. The first kappa shape index (κ1) is 13.9. The molecular weight excluding hydrogens is 238 g/mol. The molecule has 1 aliphatic rings. The van der Waals surface area contributed by atoms with E-state index in [2.05, 4.69) is 19.2 Å². The van der Waals surface area contributed by atoms with E-state index < -0.39 is 0 Å². The SMILES string of the molecule is CC1(C)CCCN(C(=O)Nc2ccc(CN)cc2)C1. The third-order valence-corrected chi connectivity index (χ3v) is 3.63. The standard InChI is InChI=1S/C15H23N3O/c1-15(2)8-3-9-18(11-15)14(19)17-13-6-4-12(10-16)5-7-13/h4-7H,3,8-11,16H2,1-2H3,(H,17,19). The lowest BCUT2D eigenvalue weighted by molar-refractivity contribution is 0.138. The Kier molecular flexibility index (Phi) is 4.10. The predicted molar refractivity (Wildman–Crippen MR) is 77.9 cm³/mol. The van der Waals surface area contributed by atoms with Crippen LogP contribution in [0.2, 0.25) is 0 Å². The molecule has 2 rings (SSSR count). The van der Waals surface area contributed by atoms with Crippen LogP contribution in [0.5, 0.6) is 0 Å². The maximum Gasteiger partial charge on any atom is 0.321 e. The zero-order valence-electron chi connectivity index (χ0n) is 11.8. The Bertz CT molecular complexity index is 439. The number of hydrogen-bond donors (Lipinski definition) is 2. The predicted octanol–water partition coefficient (Wildman–Crippen LogP) is 2.80. The van der Waals surface area contributed by atoms with Gasteiger partial charge in [-0.1, -0.05) is 26.0 Å². The Labute approximate surface area is 115 Å². The maximum absolute atomic E-state index is 12.2. The average Bonchev–Trinajstić information content (AvgIpc) is 2.38. The summed E-state index contributed by atoms with van der Waals surface area (Å²) in [4.78, 5) is 14.1. The van der Waals surface area contributed by atoms with Crippen molar-refractivity contribution in [2.24, 2.45) is 11.1 Å². The van der Waals surface area contributed by atoms with E-state index in [0.717, 1.165) is 30.8 Å². The van der Waals surface area contributed by atoms with Crippen LogP contribution >= 0.6 is 0 Å². The Morgan fingerprint density at radius 2 is 2.05 bits per heavy atom. The van der Waals surface area contributed by atoms with Gasteiger partial charge < -0.3 is 16.0 Å². The number of amides is 2. The van der Waals surface area contributed by atoms with Crippen molar-refractivity contribution in [3.63, 3.8) is 0 Å². The molecule has 0 atom stereocenters. The van der Waals surface area contributed by atoms with E-state index in [-0.39, 0.29) is 11.4 Å². The number of carbonyl (C=O) groups is 1. The molecule has 0 aliphatic carbocycles. The second-order valence-electron chi connectivity index (χ2n) is 6.02. The number of rotatable bonds is 2. The Morgan fingerprint density at radius 3 is 2.63 bits per heavy atom. The van der Waals surface area contributed by atoms with Crippen molar-refractivity contribution in [1.29, 1.82) is 0 Å². The van der Waals surface area contributed by atoms with Crippen molar-refractivity contribution in [2.45, 2.75) is 33.2 Å². The normalized spacial score (nSPS) is 18.2. The van der Waals surface area contributed by atoms with Crippen molar-refractivity contribution in [1.82, 2.24) is 4.90 Å². The van der Waals surface area contributed by atoms with Crippen molar-refractivity contribution in [3.8, 4) is 0 Å². The zero-order chi connectivity index (χ0) is 13.9. The van der Waals surface area contributed by atoms with Crippen LogP contribution in [0.15, 0.2) is 24.3 Å². The first-order chi connectivity index (χ1) is 9.00. The summed E-state index contributed by atoms with van der Waals surface area (Å²) in [6.45, 7) is 6.61. The molecule has 1 aromatic rings. The minimum atomic E-state index is -0.00623. The molecule has 1 aromatic carbocycles. The van der Waals surface area contributed by atoms with Crippen LogP contribution in [0.4, 0.5) is 10.5 Å². The molecule has 104 valence electrons. The number of piperidine rings is 1. The Hall–Kier alpha value is -1.55. The number of nitrogens with one attached hydrogen (secondary N) is 1. The van der Waals surface area contributed by atoms with E-state index in [1.165, 1.54) is 6.42 Å². The highest BCUT2D eigenvalue weighted by Gasteiger charge is 2.28. The molecule has 0 spiro atoms. The zero-order valence-corrected chi connectivity index (χ0v) is 11.8. The second kappa shape index (κ2) is 5.61. The maximum atomic E-state index is 12.2. The smallest absolute Gasteiger partial charge is 0.321 e. The van der Waals surface area contributed by atoms with Gasteiger partial charge in [0.1, 0.15) is 0 Å². The molecule has 0 saturated carbocycles. The van der Waals surface area contributed by atoms with E-state index in [1.54, 1.807) is 0 Å². The van der Waals surface area contributed by atoms with Gasteiger partial charge in [0, 0.05) is 25.3 Å². The van der Waals surface area contributed by atoms with Crippen LogP contribution in [-0.2, 0) is 6.54 Å². The number of urea groups is 1. The fourth-order valence-electron chi connectivity index (χ4n) is 2.52. The lowest BCUT2D eigenvalue weighted by Gasteiger charge is -2.37. The first-order valence-corrected chi connectivity index (χ1v) is 6.85. The highest BCUT2D eigenvalue weighted by molar-refractivity contribution is 5.89. The quantitative estimate of drug-likeness (QED) is 0.860. The van der Waals surface area contributed by atoms with Gasteiger partial charge in [-0.15, -0.1) is 0 Å². The van der Waals surface area contributed by atoms with Gasteiger partial charge in [-0.2, -0.15) is 0 Å². The number of nitrogens with two attached hydrogens (primary N) is 1. The fraction of sp³-hybridized carbons (Fsp3) is 0.533. The van der Waals surface area contributed by atoms with E-state index in [0.29, 0.717) is 6.54 Å². The van der Waals surface area contributed by atoms with E-state index in [1.807, 2.05) is 29.2 Å².